The fraction of sp³-hybridized carbons (Fsp3) is 0.545. The van der Waals surface area contributed by atoms with Crippen LogP contribution in [0.25, 0.3) is 0 Å². The Morgan fingerprint density at radius 1 is 1.47 bits per heavy atom. The highest BCUT2D eigenvalue weighted by molar-refractivity contribution is 5.90. The molecule has 0 N–H and O–H groups in total. The number of ether oxygens (including phenoxy) is 1. The zero-order valence-corrected chi connectivity index (χ0v) is 9.56. The predicted octanol–water partition coefficient (Wildman–Crippen LogP) is -0.702. The molecule has 1 aromatic rings. The molecule has 0 aliphatic carbocycles. The Hall–Kier alpha value is -1.85. The fourth-order valence-corrected chi connectivity index (χ4v) is 2.11. The van der Waals surface area contributed by atoms with Crippen molar-refractivity contribution in [2.75, 3.05) is 7.11 Å². The summed E-state index contributed by atoms with van der Waals surface area (Å²) in [6, 6.07) is 0. The van der Waals surface area contributed by atoms with Crippen molar-refractivity contribution < 1.29 is 19.4 Å². The molecule has 92 valence electrons. The molecule has 0 saturated carbocycles. The molecule has 0 atom stereocenters. The molecule has 2 rings (SSSR count). The second kappa shape index (κ2) is 4.57. The number of aryl methyl sites for hydroxylation is 1. The van der Waals surface area contributed by atoms with Crippen molar-refractivity contribution >= 4 is 11.9 Å². The van der Waals surface area contributed by atoms with Gasteiger partial charge >= 0.3 is 5.97 Å². The summed E-state index contributed by atoms with van der Waals surface area (Å²) in [6.45, 7) is 0.691. The highest BCUT2D eigenvalue weighted by Gasteiger charge is 2.22. The van der Waals surface area contributed by atoms with Crippen molar-refractivity contribution in [3.05, 3.63) is 17.0 Å². The van der Waals surface area contributed by atoms with Crippen LogP contribution in [0.3, 0.4) is 0 Å². The summed E-state index contributed by atoms with van der Waals surface area (Å²) in [6.07, 6.45) is 2.44. The maximum atomic E-state index is 11.2. The van der Waals surface area contributed by atoms with Gasteiger partial charge in [0.15, 0.2) is 0 Å². The third-order valence-electron chi connectivity index (χ3n) is 2.91. The first-order valence-electron chi connectivity index (χ1n) is 5.50. The Labute approximate surface area is 98.2 Å². The Bertz CT molecular complexity index is 464. The van der Waals surface area contributed by atoms with Crippen LogP contribution in [0.4, 0.5) is 0 Å². The highest BCUT2D eigenvalue weighted by atomic mass is 16.5. The maximum Gasteiger partial charge on any atom is 0.311 e. The number of hydrogen-bond acceptors (Lipinski definition) is 5. The average molecular weight is 237 g/mol. The first kappa shape index (κ1) is 11.6. The quantitative estimate of drug-likeness (QED) is 0.649. The SMILES string of the molecule is COC(=O)Cc1nn2c(c1C(=O)[O-])CCCC2. The molecule has 6 nitrogen and oxygen atoms in total. The number of carboxylic acids is 1. The average Bonchev–Trinajstić information content (AvgIpc) is 2.66. The molecule has 0 unspecified atom stereocenters. The van der Waals surface area contributed by atoms with Crippen molar-refractivity contribution in [3.8, 4) is 0 Å². The van der Waals surface area contributed by atoms with Crippen molar-refractivity contribution in [1.29, 1.82) is 0 Å². The number of fused-ring (bicyclic) bond motifs is 1. The van der Waals surface area contributed by atoms with E-state index in [0.29, 0.717) is 18.7 Å². The molecule has 0 aromatic carbocycles. The lowest BCUT2D eigenvalue weighted by atomic mass is 10.0. The van der Waals surface area contributed by atoms with Crippen LogP contribution in [-0.4, -0.2) is 28.8 Å². The predicted molar refractivity (Wildman–Crippen MR) is 55.2 cm³/mol. The van der Waals surface area contributed by atoms with Crippen LogP contribution in [0.2, 0.25) is 0 Å². The Balaban J connectivity index is 2.40. The summed E-state index contributed by atoms with van der Waals surface area (Å²) < 4.78 is 6.18. The topological polar surface area (TPSA) is 84.2 Å². The second-order valence-corrected chi connectivity index (χ2v) is 3.99. The molecule has 0 fully saturated rings. The molecule has 0 radical (unpaired) electrons. The van der Waals surface area contributed by atoms with Crippen LogP contribution >= 0.6 is 0 Å². The Morgan fingerprint density at radius 3 is 2.88 bits per heavy atom. The number of hydrogen-bond donors (Lipinski definition) is 0. The lowest BCUT2D eigenvalue weighted by Crippen LogP contribution is -2.26. The second-order valence-electron chi connectivity index (χ2n) is 3.99. The van der Waals surface area contributed by atoms with E-state index in [0.717, 1.165) is 12.8 Å². The Kier molecular flexibility index (Phi) is 3.12. The van der Waals surface area contributed by atoms with E-state index >= 15 is 0 Å². The Morgan fingerprint density at radius 2 is 2.24 bits per heavy atom. The van der Waals surface area contributed by atoms with Crippen molar-refractivity contribution in [1.82, 2.24) is 9.78 Å². The van der Waals surface area contributed by atoms with E-state index < -0.39 is 11.9 Å². The minimum atomic E-state index is -1.27. The summed E-state index contributed by atoms with van der Waals surface area (Å²) in [5.41, 5.74) is 0.971. The summed E-state index contributed by atoms with van der Waals surface area (Å²) in [5, 5.41) is 15.3. The summed E-state index contributed by atoms with van der Waals surface area (Å²) in [5.74, 6) is -1.77. The van der Waals surface area contributed by atoms with Crippen LogP contribution in [0, 0.1) is 0 Å². The van der Waals surface area contributed by atoms with Gasteiger partial charge in [0.05, 0.1) is 25.2 Å². The smallest absolute Gasteiger partial charge is 0.311 e. The standard InChI is InChI=1S/C11H14N2O4/c1-17-9(14)6-7-10(11(15)16)8-4-2-3-5-13(8)12-7/h2-6H2,1H3,(H,15,16)/p-1. The summed E-state index contributed by atoms with van der Waals surface area (Å²) in [4.78, 5) is 22.3. The summed E-state index contributed by atoms with van der Waals surface area (Å²) in [7, 11) is 1.26. The first-order chi connectivity index (χ1) is 8.13. The normalized spacial score (nSPS) is 14.2. The molecule has 1 aromatic heterocycles. The molecule has 1 aliphatic rings. The van der Waals surface area contributed by atoms with Gasteiger partial charge in [0, 0.05) is 17.8 Å². The first-order valence-corrected chi connectivity index (χ1v) is 5.50. The van der Waals surface area contributed by atoms with E-state index in [1.165, 1.54) is 7.11 Å². The molecule has 6 heteroatoms. The molecular weight excluding hydrogens is 224 g/mol. The molecule has 0 saturated heterocycles. The van der Waals surface area contributed by atoms with Gasteiger partial charge in [-0.15, -0.1) is 0 Å². The van der Waals surface area contributed by atoms with Gasteiger partial charge in [0.1, 0.15) is 0 Å². The van der Waals surface area contributed by atoms with Gasteiger partial charge in [-0.1, -0.05) is 0 Å². The third kappa shape index (κ3) is 2.15. The monoisotopic (exact) mass is 237 g/mol. The molecule has 2 heterocycles. The van der Waals surface area contributed by atoms with Crippen LogP contribution in [-0.2, 0) is 28.9 Å². The van der Waals surface area contributed by atoms with Crippen LogP contribution in [0.5, 0.6) is 0 Å². The minimum absolute atomic E-state index is 0.0649. The molecule has 1 aliphatic heterocycles. The van der Waals surface area contributed by atoms with Gasteiger partial charge in [-0.25, -0.2) is 0 Å². The minimum Gasteiger partial charge on any atom is -0.545 e. The van der Waals surface area contributed by atoms with Crippen LogP contribution < -0.4 is 5.11 Å². The van der Waals surface area contributed by atoms with E-state index in [2.05, 4.69) is 9.84 Å². The van der Waals surface area contributed by atoms with Gasteiger partial charge in [-0.2, -0.15) is 5.10 Å². The number of carboxylic acid groups (broad SMARTS) is 1. The van der Waals surface area contributed by atoms with Crippen molar-refractivity contribution in [3.63, 3.8) is 0 Å². The molecule has 0 amide bonds. The van der Waals surface area contributed by atoms with E-state index in [4.69, 9.17) is 0 Å². The number of aromatic carboxylic acids is 1. The van der Waals surface area contributed by atoms with Gasteiger partial charge in [0.2, 0.25) is 0 Å². The number of rotatable bonds is 3. The largest absolute Gasteiger partial charge is 0.545 e. The van der Waals surface area contributed by atoms with Crippen molar-refractivity contribution in [2.45, 2.75) is 32.2 Å². The van der Waals surface area contributed by atoms with Gasteiger partial charge in [-0.05, 0) is 19.3 Å². The lowest BCUT2D eigenvalue weighted by Gasteiger charge is -2.14. The zero-order chi connectivity index (χ0) is 12.4. The van der Waals surface area contributed by atoms with Crippen LogP contribution in [0.15, 0.2) is 0 Å². The molecule has 0 bridgehead atoms. The van der Waals surface area contributed by atoms with Gasteiger partial charge in [0.25, 0.3) is 0 Å². The number of methoxy groups -OCH3 is 1. The van der Waals surface area contributed by atoms with Crippen LogP contribution in [0.1, 0.15) is 34.6 Å². The zero-order valence-electron chi connectivity index (χ0n) is 9.56. The number of nitrogens with zero attached hydrogens (tertiary/aromatic N) is 2. The van der Waals surface area contributed by atoms with E-state index in [9.17, 15) is 14.7 Å². The molecule has 0 spiro atoms. The number of carbonyl (C=O) groups is 2. The number of esters is 1. The maximum absolute atomic E-state index is 11.2. The van der Waals surface area contributed by atoms with Crippen molar-refractivity contribution in [2.24, 2.45) is 0 Å². The summed E-state index contributed by atoms with van der Waals surface area (Å²) >= 11 is 0. The van der Waals surface area contributed by atoms with E-state index in [1.54, 1.807) is 4.68 Å². The highest BCUT2D eigenvalue weighted by Crippen LogP contribution is 2.21. The lowest BCUT2D eigenvalue weighted by molar-refractivity contribution is -0.255. The van der Waals surface area contributed by atoms with E-state index in [-0.39, 0.29) is 17.7 Å². The third-order valence-corrected chi connectivity index (χ3v) is 2.91. The molecule has 17 heavy (non-hydrogen) atoms. The van der Waals surface area contributed by atoms with E-state index in [1.807, 2.05) is 0 Å². The fourth-order valence-electron chi connectivity index (χ4n) is 2.11. The van der Waals surface area contributed by atoms with Gasteiger partial charge < -0.3 is 14.6 Å². The number of carbonyl (C=O) groups excluding carboxylic acids is 2. The van der Waals surface area contributed by atoms with Gasteiger partial charge in [-0.3, -0.25) is 9.48 Å². The number of aromatic nitrogens is 2. The molecular formula is C11H13N2O4-.